The highest BCUT2D eigenvalue weighted by Gasteiger charge is 2.10. The van der Waals surface area contributed by atoms with E-state index in [1.165, 1.54) is 22.9 Å². The van der Waals surface area contributed by atoms with Crippen molar-refractivity contribution < 1.29 is 14.1 Å². The molecule has 0 saturated heterocycles. The lowest BCUT2D eigenvalue weighted by molar-refractivity contribution is -0.402. The van der Waals surface area contributed by atoms with Crippen molar-refractivity contribution in [2.75, 3.05) is 0 Å². The number of hydrogen-bond acceptors (Lipinski definition) is 6. The number of nitro groups is 1. The fraction of sp³-hybridized carbons (Fsp3) is 0.100. The highest BCUT2D eigenvalue weighted by Crippen LogP contribution is 2.13. The molecule has 0 aliphatic heterocycles. The quantitative estimate of drug-likeness (QED) is 0.494. The van der Waals surface area contributed by atoms with E-state index in [4.69, 9.17) is 4.42 Å². The number of nitrogens with zero attached hydrogens (tertiary/aromatic N) is 4. The maximum absolute atomic E-state index is 11.5. The van der Waals surface area contributed by atoms with E-state index in [1.54, 1.807) is 13.2 Å². The summed E-state index contributed by atoms with van der Waals surface area (Å²) in [5.74, 6) is -0.719. The first-order chi connectivity index (χ1) is 9.06. The van der Waals surface area contributed by atoms with Gasteiger partial charge in [0.25, 0.3) is 5.91 Å². The van der Waals surface area contributed by atoms with Gasteiger partial charge in [0.1, 0.15) is 4.92 Å². The zero-order valence-electron chi connectivity index (χ0n) is 9.81. The minimum atomic E-state index is -0.663. The summed E-state index contributed by atoms with van der Waals surface area (Å²) < 4.78 is 6.30. The van der Waals surface area contributed by atoms with E-state index >= 15 is 0 Å². The van der Waals surface area contributed by atoms with E-state index in [2.05, 4.69) is 15.6 Å². The van der Waals surface area contributed by atoms with Crippen LogP contribution in [0.15, 0.2) is 33.9 Å². The summed E-state index contributed by atoms with van der Waals surface area (Å²) in [6.45, 7) is 0. The van der Waals surface area contributed by atoms with Gasteiger partial charge in [-0.3, -0.25) is 19.6 Å². The number of aryl methyl sites for hydroxylation is 1. The van der Waals surface area contributed by atoms with Gasteiger partial charge in [-0.1, -0.05) is 0 Å². The number of hydrazone groups is 1. The van der Waals surface area contributed by atoms with Gasteiger partial charge >= 0.3 is 5.88 Å². The molecular formula is C10H9N5O4. The Bertz CT molecular complexity index is 642. The van der Waals surface area contributed by atoms with Crippen molar-refractivity contribution in [3.05, 3.63) is 46.0 Å². The molecule has 0 aliphatic carbocycles. The lowest BCUT2D eigenvalue weighted by Crippen LogP contribution is -2.18. The Kier molecular flexibility index (Phi) is 3.37. The minimum Gasteiger partial charge on any atom is -0.400 e. The number of carbonyl (C=O) groups excluding carboxylic acids is 1. The van der Waals surface area contributed by atoms with Crippen LogP contribution < -0.4 is 5.43 Å². The fourth-order valence-corrected chi connectivity index (χ4v) is 1.26. The average Bonchev–Trinajstić information content (AvgIpc) is 2.98. The Morgan fingerprint density at radius 1 is 1.58 bits per heavy atom. The predicted molar refractivity (Wildman–Crippen MR) is 63.6 cm³/mol. The topological polar surface area (TPSA) is 116 Å². The van der Waals surface area contributed by atoms with Gasteiger partial charge in [0.05, 0.1) is 12.3 Å². The summed E-state index contributed by atoms with van der Waals surface area (Å²) in [5, 5.41) is 17.9. The molecule has 19 heavy (non-hydrogen) atoms. The molecule has 0 saturated carbocycles. The van der Waals surface area contributed by atoms with E-state index in [9.17, 15) is 14.9 Å². The van der Waals surface area contributed by atoms with Gasteiger partial charge in [-0.15, -0.1) is 0 Å². The minimum absolute atomic E-state index is 0.160. The third kappa shape index (κ3) is 3.03. The summed E-state index contributed by atoms with van der Waals surface area (Å²) in [7, 11) is 1.68. The van der Waals surface area contributed by atoms with E-state index < -0.39 is 16.7 Å². The highest BCUT2D eigenvalue weighted by atomic mass is 16.6. The molecule has 2 aromatic rings. The summed E-state index contributed by atoms with van der Waals surface area (Å²) >= 11 is 0. The molecule has 9 heteroatoms. The second-order valence-corrected chi connectivity index (χ2v) is 3.51. The Balaban J connectivity index is 1.96. The molecule has 2 rings (SSSR count). The third-order valence-corrected chi connectivity index (χ3v) is 2.10. The number of hydrogen-bond donors (Lipinski definition) is 1. The maximum Gasteiger partial charge on any atom is 0.433 e. The summed E-state index contributed by atoms with van der Waals surface area (Å²) in [6, 6.07) is 4.10. The van der Waals surface area contributed by atoms with Gasteiger partial charge < -0.3 is 4.42 Å². The molecule has 0 aromatic carbocycles. The molecule has 1 N–H and O–H groups in total. The second kappa shape index (κ2) is 5.12. The predicted octanol–water partition coefficient (Wildman–Crippen LogP) is 0.685. The third-order valence-electron chi connectivity index (χ3n) is 2.10. The molecule has 98 valence electrons. The van der Waals surface area contributed by atoms with Gasteiger partial charge in [-0.25, -0.2) is 5.43 Å². The van der Waals surface area contributed by atoms with Gasteiger partial charge in [0.15, 0.2) is 11.5 Å². The summed E-state index contributed by atoms with van der Waals surface area (Å²) in [6.07, 6.45) is 2.78. The van der Waals surface area contributed by atoms with E-state index in [1.807, 2.05) is 0 Å². The zero-order chi connectivity index (χ0) is 13.8. The molecule has 0 atom stereocenters. The number of rotatable bonds is 4. The molecule has 0 radical (unpaired) electrons. The second-order valence-electron chi connectivity index (χ2n) is 3.51. The van der Waals surface area contributed by atoms with Crippen LogP contribution in [0.3, 0.4) is 0 Å². The fourth-order valence-electron chi connectivity index (χ4n) is 1.26. The van der Waals surface area contributed by atoms with Crippen LogP contribution in [0.4, 0.5) is 5.88 Å². The van der Waals surface area contributed by atoms with Crippen LogP contribution in [0, 0.1) is 10.1 Å². The van der Waals surface area contributed by atoms with Crippen LogP contribution in [-0.4, -0.2) is 26.8 Å². The number of amides is 1. The molecule has 0 aliphatic rings. The normalized spacial score (nSPS) is 10.8. The Hall–Kier alpha value is -2.97. The number of aromatic nitrogens is 2. The highest BCUT2D eigenvalue weighted by molar-refractivity contribution is 5.92. The van der Waals surface area contributed by atoms with Crippen LogP contribution in [0.1, 0.15) is 16.2 Å². The smallest absolute Gasteiger partial charge is 0.400 e. The summed E-state index contributed by atoms with van der Waals surface area (Å²) in [4.78, 5) is 21.2. The number of nitrogens with one attached hydrogen (secondary N) is 1. The van der Waals surface area contributed by atoms with Crippen molar-refractivity contribution in [2.45, 2.75) is 0 Å². The Morgan fingerprint density at radius 2 is 2.37 bits per heavy atom. The molecule has 9 nitrogen and oxygen atoms in total. The molecule has 0 unspecified atom stereocenters. The lowest BCUT2D eigenvalue weighted by atomic mass is 10.4. The molecule has 1 amide bonds. The van der Waals surface area contributed by atoms with Crippen LogP contribution in [0.2, 0.25) is 0 Å². The van der Waals surface area contributed by atoms with Crippen LogP contribution in [0.5, 0.6) is 0 Å². The first kappa shape index (κ1) is 12.5. The van der Waals surface area contributed by atoms with E-state index in [0.717, 1.165) is 6.21 Å². The van der Waals surface area contributed by atoms with Crippen molar-refractivity contribution in [1.82, 2.24) is 15.2 Å². The maximum atomic E-state index is 11.5. The SMILES string of the molecule is Cn1ccc(C(=O)NN=Cc2ccc([N+](=O)[O-])o2)n1. The van der Waals surface area contributed by atoms with Gasteiger partial charge in [0, 0.05) is 13.2 Å². The van der Waals surface area contributed by atoms with Gasteiger partial charge in [0.2, 0.25) is 0 Å². The van der Waals surface area contributed by atoms with Crippen molar-refractivity contribution in [1.29, 1.82) is 0 Å². The van der Waals surface area contributed by atoms with E-state index in [0.29, 0.717) is 0 Å². The van der Waals surface area contributed by atoms with Crippen molar-refractivity contribution >= 4 is 18.0 Å². The number of furan rings is 1. The van der Waals surface area contributed by atoms with Crippen molar-refractivity contribution in [2.24, 2.45) is 12.1 Å². The molecule has 2 heterocycles. The van der Waals surface area contributed by atoms with Crippen LogP contribution in [0.25, 0.3) is 0 Å². The average molecular weight is 263 g/mol. The molecule has 2 aromatic heterocycles. The molecule has 0 spiro atoms. The summed E-state index contributed by atoms with van der Waals surface area (Å²) in [5.41, 5.74) is 2.44. The monoisotopic (exact) mass is 263 g/mol. The Labute approximate surface area is 106 Å². The lowest BCUT2D eigenvalue weighted by Gasteiger charge is -1.93. The standard InChI is InChI=1S/C10H9N5O4/c1-14-5-4-8(13-14)10(16)12-11-6-7-2-3-9(19-7)15(17)18/h2-6H,1H3,(H,12,16). The van der Waals surface area contributed by atoms with Crippen molar-refractivity contribution in [3.63, 3.8) is 0 Å². The largest absolute Gasteiger partial charge is 0.433 e. The van der Waals surface area contributed by atoms with Crippen LogP contribution >= 0.6 is 0 Å². The van der Waals surface area contributed by atoms with E-state index in [-0.39, 0.29) is 11.5 Å². The van der Waals surface area contributed by atoms with Crippen LogP contribution in [-0.2, 0) is 7.05 Å². The first-order valence-electron chi connectivity index (χ1n) is 5.13. The molecule has 0 fully saturated rings. The first-order valence-corrected chi connectivity index (χ1v) is 5.13. The molecular weight excluding hydrogens is 254 g/mol. The Morgan fingerprint density at radius 3 is 2.95 bits per heavy atom. The molecule has 0 bridgehead atoms. The number of carbonyl (C=O) groups is 1. The zero-order valence-corrected chi connectivity index (χ0v) is 9.81. The van der Waals surface area contributed by atoms with Gasteiger partial charge in [-0.05, 0) is 12.1 Å². The van der Waals surface area contributed by atoms with Crippen molar-refractivity contribution in [3.8, 4) is 0 Å². The van der Waals surface area contributed by atoms with Gasteiger partial charge in [-0.2, -0.15) is 10.2 Å².